The monoisotopic (exact) mass is 410 g/mol. The van der Waals surface area contributed by atoms with Crippen LogP contribution in [0, 0.1) is 24.0 Å². The summed E-state index contributed by atoms with van der Waals surface area (Å²) in [6.07, 6.45) is -1.12. The van der Waals surface area contributed by atoms with Crippen LogP contribution in [0.15, 0.2) is 36.4 Å². The van der Waals surface area contributed by atoms with Crippen molar-refractivity contribution in [3.63, 3.8) is 0 Å². The van der Waals surface area contributed by atoms with Crippen LogP contribution in [0.4, 0.5) is 5.69 Å². The van der Waals surface area contributed by atoms with Crippen LogP contribution < -0.4 is 0 Å². The van der Waals surface area contributed by atoms with Crippen LogP contribution in [-0.4, -0.2) is 46.0 Å². The molecule has 2 aromatic rings. The number of nitrogens with zero attached hydrogens (tertiary/aromatic N) is 2. The van der Waals surface area contributed by atoms with Gasteiger partial charge in [0.25, 0.3) is 17.5 Å². The zero-order valence-electron chi connectivity index (χ0n) is 16.5. The number of non-ortho nitro benzene ring substituents is 1. The van der Waals surface area contributed by atoms with Crippen LogP contribution in [0.5, 0.6) is 0 Å². The van der Waals surface area contributed by atoms with Gasteiger partial charge in [0.2, 0.25) is 5.78 Å². The number of carbonyl (C=O) groups excluding carboxylic acids is 4. The molecule has 2 amide bonds. The lowest BCUT2D eigenvalue weighted by atomic mass is 9.99. The van der Waals surface area contributed by atoms with Crippen molar-refractivity contribution < 1.29 is 28.8 Å². The number of hydrogen-bond donors (Lipinski definition) is 0. The number of aryl methyl sites for hydroxylation is 2. The first kappa shape index (κ1) is 20.8. The van der Waals surface area contributed by atoms with Crippen LogP contribution in [0.2, 0.25) is 0 Å². The lowest BCUT2D eigenvalue weighted by molar-refractivity contribution is -0.384. The second-order valence-electron chi connectivity index (χ2n) is 7.00. The molecule has 0 radical (unpaired) electrons. The zero-order chi connectivity index (χ0) is 22.2. The molecule has 0 saturated heterocycles. The number of esters is 1. The molecule has 0 aliphatic carbocycles. The predicted molar refractivity (Wildman–Crippen MR) is 104 cm³/mol. The summed E-state index contributed by atoms with van der Waals surface area (Å²) in [6.45, 7) is 4.30. The quantitative estimate of drug-likeness (QED) is 0.236. The van der Waals surface area contributed by atoms with Crippen molar-refractivity contribution in [2.24, 2.45) is 0 Å². The molecule has 0 bridgehead atoms. The van der Waals surface area contributed by atoms with Crippen molar-refractivity contribution in [3.05, 3.63) is 74.3 Å². The molecule has 2 aromatic carbocycles. The van der Waals surface area contributed by atoms with E-state index in [0.717, 1.165) is 23.3 Å². The van der Waals surface area contributed by atoms with E-state index in [-0.39, 0.29) is 16.8 Å². The van der Waals surface area contributed by atoms with Gasteiger partial charge in [-0.25, -0.2) is 0 Å². The average molecular weight is 410 g/mol. The van der Waals surface area contributed by atoms with E-state index in [1.54, 1.807) is 19.1 Å². The van der Waals surface area contributed by atoms with E-state index in [9.17, 15) is 29.3 Å². The number of ether oxygens (including phenoxy) is 1. The first-order chi connectivity index (χ1) is 14.1. The van der Waals surface area contributed by atoms with Gasteiger partial charge in [0, 0.05) is 17.7 Å². The van der Waals surface area contributed by atoms with Gasteiger partial charge in [-0.2, -0.15) is 0 Å². The van der Waals surface area contributed by atoms with Gasteiger partial charge in [-0.15, -0.1) is 0 Å². The van der Waals surface area contributed by atoms with Crippen molar-refractivity contribution in [1.29, 1.82) is 0 Å². The average Bonchev–Trinajstić information content (AvgIpc) is 2.93. The Morgan fingerprint density at radius 3 is 2.40 bits per heavy atom. The van der Waals surface area contributed by atoms with Gasteiger partial charge < -0.3 is 4.74 Å². The van der Waals surface area contributed by atoms with Crippen LogP contribution in [0.3, 0.4) is 0 Å². The second-order valence-corrected chi connectivity index (χ2v) is 7.00. The fourth-order valence-electron chi connectivity index (χ4n) is 3.17. The zero-order valence-corrected chi connectivity index (χ0v) is 16.5. The molecule has 1 aliphatic heterocycles. The summed E-state index contributed by atoms with van der Waals surface area (Å²) in [5.41, 5.74) is 1.51. The number of ketones is 1. The molecule has 0 saturated carbocycles. The number of nitro groups is 1. The molecule has 0 spiro atoms. The summed E-state index contributed by atoms with van der Waals surface area (Å²) in [4.78, 5) is 60.6. The molecule has 1 aliphatic rings. The highest BCUT2D eigenvalue weighted by Crippen LogP contribution is 2.26. The van der Waals surface area contributed by atoms with Gasteiger partial charge in [-0.1, -0.05) is 17.7 Å². The number of nitro benzene ring substituents is 1. The molecule has 1 atom stereocenters. The fourth-order valence-corrected chi connectivity index (χ4v) is 3.17. The minimum atomic E-state index is -1.12. The number of fused-ring (bicyclic) bond motifs is 1. The van der Waals surface area contributed by atoms with Crippen LogP contribution in [-0.2, 0) is 9.53 Å². The van der Waals surface area contributed by atoms with E-state index in [4.69, 9.17) is 4.74 Å². The number of amides is 2. The Bertz CT molecular complexity index is 1110. The maximum Gasteiger partial charge on any atom is 0.326 e. The topological polar surface area (TPSA) is 124 Å². The molecular weight excluding hydrogens is 392 g/mol. The molecule has 3 rings (SSSR count). The molecule has 9 nitrogen and oxygen atoms in total. The van der Waals surface area contributed by atoms with Crippen molar-refractivity contribution in [3.8, 4) is 0 Å². The van der Waals surface area contributed by atoms with Gasteiger partial charge >= 0.3 is 5.97 Å². The van der Waals surface area contributed by atoms with Crippen molar-refractivity contribution in [1.82, 2.24) is 4.90 Å². The van der Waals surface area contributed by atoms with E-state index in [1.165, 1.54) is 13.0 Å². The number of imide groups is 1. The van der Waals surface area contributed by atoms with Gasteiger partial charge in [0.15, 0.2) is 6.10 Å². The minimum Gasteiger partial charge on any atom is -0.453 e. The Balaban J connectivity index is 1.71. The number of benzene rings is 2. The van der Waals surface area contributed by atoms with Crippen molar-refractivity contribution >= 4 is 29.3 Å². The van der Waals surface area contributed by atoms with E-state index in [1.807, 2.05) is 13.0 Å². The highest BCUT2D eigenvalue weighted by Gasteiger charge is 2.38. The van der Waals surface area contributed by atoms with Gasteiger partial charge in [-0.05, 0) is 38.5 Å². The maximum absolute atomic E-state index is 12.6. The first-order valence-corrected chi connectivity index (χ1v) is 9.05. The Morgan fingerprint density at radius 2 is 1.73 bits per heavy atom. The molecule has 0 fully saturated rings. The number of Topliss-reactive ketones (excluding diaryl/α,β-unsaturated/α-hetero) is 1. The summed E-state index contributed by atoms with van der Waals surface area (Å²) in [6, 6.07) is 8.61. The SMILES string of the molecule is Cc1ccc(C)c(C(=O)[C@@H](C)OC(=O)CN2C(=O)c3ccc([N+](=O)[O-])cc3C2=O)c1. The lowest BCUT2D eigenvalue weighted by Crippen LogP contribution is -2.37. The standard InChI is InChI=1S/C21H18N2O7/c1-11-4-5-12(2)16(8-11)19(25)13(3)30-18(24)10-22-20(26)15-7-6-14(23(28)29)9-17(15)21(22)27/h4-9,13H,10H2,1-3H3/t13-/m1/s1. The number of carbonyl (C=O) groups is 4. The summed E-state index contributed by atoms with van der Waals surface area (Å²) in [7, 11) is 0. The van der Waals surface area contributed by atoms with E-state index < -0.39 is 41.1 Å². The van der Waals surface area contributed by atoms with E-state index in [2.05, 4.69) is 0 Å². The molecular formula is C21H18N2O7. The molecule has 0 aromatic heterocycles. The molecule has 30 heavy (non-hydrogen) atoms. The van der Waals surface area contributed by atoms with Gasteiger partial charge in [0.05, 0.1) is 16.1 Å². The smallest absolute Gasteiger partial charge is 0.326 e. The molecule has 0 N–H and O–H groups in total. The first-order valence-electron chi connectivity index (χ1n) is 9.05. The number of rotatable bonds is 6. The Hall–Kier alpha value is -3.88. The summed E-state index contributed by atoms with van der Waals surface area (Å²) < 4.78 is 5.14. The van der Waals surface area contributed by atoms with Gasteiger partial charge in [-0.3, -0.25) is 34.2 Å². The van der Waals surface area contributed by atoms with Crippen LogP contribution in [0.25, 0.3) is 0 Å². The third-order valence-corrected chi connectivity index (χ3v) is 4.79. The third-order valence-electron chi connectivity index (χ3n) is 4.79. The van der Waals surface area contributed by atoms with Crippen molar-refractivity contribution in [2.75, 3.05) is 6.54 Å². The molecule has 154 valence electrons. The summed E-state index contributed by atoms with van der Waals surface area (Å²) in [5.74, 6) is -2.92. The summed E-state index contributed by atoms with van der Waals surface area (Å²) in [5, 5.41) is 10.9. The number of hydrogen-bond acceptors (Lipinski definition) is 7. The molecule has 0 unspecified atom stereocenters. The third kappa shape index (κ3) is 3.82. The Kier molecular flexibility index (Phi) is 5.46. The maximum atomic E-state index is 12.6. The van der Waals surface area contributed by atoms with Gasteiger partial charge in [0.1, 0.15) is 6.54 Å². The highest BCUT2D eigenvalue weighted by atomic mass is 16.6. The largest absolute Gasteiger partial charge is 0.453 e. The van der Waals surface area contributed by atoms with Crippen LogP contribution >= 0.6 is 0 Å². The Morgan fingerprint density at radius 1 is 1.07 bits per heavy atom. The van der Waals surface area contributed by atoms with E-state index in [0.29, 0.717) is 10.5 Å². The van der Waals surface area contributed by atoms with Crippen molar-refractivity contribution in [2.45, 2.75) is 26.9 Å². The molecule has 1 heterocycles. The Labute approximate surface area is 171 Å². The minimum absolute atomic E-state index is 0.0297. The molecule has 9 heteroatoms. The van der Waals surface area contributed by atoms with Crippen LogP contribution in [0.1, 0.15) is 49.1 Å². The lowest BCUT2D eigenvalue weighted by Gasteiger charge is -2.17. The second kappa shape index (κ2) is 7.86. The highest BCUT2D eigenvalue weighted by molar-refractivity contribution is 6.22. The normalized spacial score (nSPS) is 13.8. The predicted octanol–water partition coefficient (Wildman–Crippen LogP) is 2.62. The fraction of sp³-hybridized carbons (Fsp3) is 0.238. The summed E-state index contributed by atoms with van der Waals surface area (Å²) >= 11 is 0. The van der Waals surface area contributed by atoms with E-state index >= 15 is 0 Å².